The van der Waals surface area contributed by atoms with Crippen LogP contribution in [0.1, 0.15) is 42.5 Å². The fraction of sp³-hybridized carbons (Fsp3) is 0.300. The molecule has 0 fully saturated rings. The third kappa shape index (κ3) is 5.55. The van der Waals surface area contributed by atoms with Crippen molar-refractivity contribution in [3.8, 4) is 17.2 Å². The van der Waals surface area contributed by atoms with Crippen LogP contribution in [0.5, 0.6) is 11.5 Å². The summed E-state index contributed by atoms with van der Waals surface area (Å²) in [5.41, 5.74) is 1.50. The van der Waals surface area contributed by atoms with Gasteiger partial charge in [-0.3, -0.25) is 14.2 Å². The van der Waals surface area contributed by atoms with E-state index in [-0.39, 0.29) is 11.5 Å². The fourth-order valence-electron chi connectivity index (χ4n) is 4.53. The molecule has 1 unspecified atom stereocenters. The molecule has 0 saturated carbocycles. The van der Waals surface area contributed by atoms with Gasteiger partial charge in [0, 0.05) is 19.2 Å². The van der Waals surface area contributed by atoms with Crippen molar-refractivity contribution < 1.29 is 19.0 Å². The standard InChI is InChI=1S/C30H33N3O5/c1-5-27(32(18-19-36-3)29(34)21-10-9-11-24(20-21)37-4)28-31-26-13-8-7-12-25(26)30(35)33(28)22-14-16-23(17-15-22)38-6-2/h7-17,20,27H,5-6,18-19H2,1-4H3. The molecule has 4 rings (SSSR count). The molecule has 38 heavy (non-hydrogen) atoms. The van der Waals surface area contributed by atoms with E-state index in [2.05, 4.69) is 0 Å². The summed E-state index contributed by atoms with van der Waals surface area (Å²) in [7, 11) is 3.16. The molecule has 8 heteroatoms. The fourth-order valence-corrected chi connectivity index (χ4v) is 4.53. The van der Waals surface area contributed by atoms with Crippen LogP contribution in [0.2, 0.25) is 0 Å². The van der Waals surface area contributed by atoms with Crippen molar-refractivity contribution in [1.82, 2.24) is 14.5 Å². The maximum Gasteiger partial charge on any atom is 0.266 e. The van der Waals surface area contributed by atoms with Crippen LogP contribution >= 0.6 is 0 Å². The number of para-hydroxylation sites is 1. The minimum Gasteiger partial charge on any atom is -0.497 e. The quantitative estimate of drug-likeness (QED) is 0.279. The summed E-state index contributed by atoms with van der Waals surface area (Å²) in [6.45, 7) is 5.08. The first kappa shape index (κ1) is 26.9. The second-order valence-electron chi connectivity index (χ2n) is 8.70. The highest BCUT2D eigenvalue weighted by Crippen LogP contribution is 2.28. The Morgan fingerprint density at radius 3 is 2.42 bits per heavy atom. The summed E-state index contributed by atoms with van der Waals surface area (Å²) in [6, 6.07) is 21.1. The number of benzene rings is 3. The Labute approximate surface area is 222 Å². The summed E-state index contributed by atoms with van der Waals surface area (Å²) in [6.07, 6.45) is 0.529. The Hall–Kier alpha value is -4.17. The Morgan fingerprint density at radius 1 is 0.974 bits per heavy atom. The molecule has 1 atom stereocenters. The first-order valence-corrected chi connectivity index (χ1v) is 12.7. The third-order valence-electron chi connectivity index (χ3n) is 6.38. The number of hydrogen-bond acceptors (Lipinski definition) is 6. The second kappa shape index (κ2) is 12.4. The normalized spacial score (nSPS) is 11.8. The van der Waals surface area contributed by atoms with Crippen LogP contribution in [0, 0.1) is 0 Å². The minimum atomic E-state index is -0.507. The van der Waals surface area contributed by atoms with Crippen molar-refractivity contribution >= 4 is 16.8 Å². The smallest absolute Gasteiger partial charge is 0.266 e. The van der Waals surface area contributed by atoms with Gasteiger partial charge in [-0.25, -0.2) is 4.98 Å². The number of amides is 1. The van der Waals surface area contributed by atoms with Crippen molar-refractivity contribution in [2.24, 2.45) is 0 Å². The molecule has 0 bridgehead atoms. The van der Waals surface area contributed by atoms with Crippen molar-refractivity contribution in [3.05, 3.63) is 94.5 Å². The average Bonchev–Trinajstić information content (AvgIpc) is 2.96. The van der Waals surface area contributed by atoms with Crippen LogP contribution in [-0.2, 0) is 4.74 Å². The molecule has 0 radical (unpaired) electrons. The monoisotopic (exact) mass is 515 g/mol. The summed E-state index contributed by atoms with van der Waals surface area (Å²) in [5.74, 6) is 1.58. The van der Waals surface area contributed by atoms with Crippen LogP contribution < -0.4 is 15.0 Å². The molecule has 8 nitrogen and oxygen atoms in total. The van der Waals surface area contributed by atoms with Crippen LogP contribution in [0.3, 0.4) is 0 Å². The number of hydrogen-bond donors (Lipinski definition) is 0. The van der Waals surface area contributed by atoms with Gasteiger partial charge in [0.2, 0.25) is 0 Å². The molecule has 0 spiro atoms. The van der Waals surface area contributed by atoms with Crippen molar-refractivity contribution in [1.29, 1.82) is 0 Å². The lowest BCUT2D eigenvalue weighted by molar-refractivity contribution is 0.0579. The highest BCUT2D eigenvalue weighted by Gasteiger charge is 2.30. The lowest BCUT2D eigenvalue weighted by atomic mass is 10.1. The van der Waals surface area contributed by atoms with E-state index in [1.54, 1.807) is 54.0 Å². The van der Waals surface area contributed by atoms with E-state index in [0.717, 1.165) is 0 Å². The van der Waals surface area contributed by atoms with Gasteiger partial charge in [0.05, 0.1) is 43.0 Å². The first-order valence-electron chi connectivity index (χ1n) is 12.7. The number of aromatic nitrogens is 2. The molecule has 1 heterocycles. The van der Waals surface area contributed by atoms with Gasteiger partial charge < -0.3 is 19.1 Å². The van der Waals surface area contributed by atoms with Gasteiger partial charge in [0.1, 0.15) is 17.3 Å². The van der Waals surface area contributed by atoms with E-state index >= 15 is 0 Å². The third-order valence-corrected chi connectivity index (χ3v) is 6.38. The van der Waals surface area contributed by atoms with Crippen molar-refractivity contribution in [2.75, 3.05) is 34.0 Å². The predicted octanol–water partition coefficient (Wildman–Crippen LogP) is 5.03. The Kier molecular flexibility index (Phi) is 8.76. The molecule has 0 aliphatic carbocycles. The number of carbonyl (C=O) groups excluding carboxylic acids is 1. The molecular formula is C30H33N3O5. The summed E-state index contributed by atoms with van der Waals surface area (Å²) < 4.78 is 17.9. The Morgan fingerprint density at radius 2 is 1.74 bits per heavy atom. The minimum absolute atomic E-state index is 0.200. The zero-order valence-corrected chi connectivity index (χ0v) is 22.2. The van der Waals surface area contributed by atoms with Gasteiger partial charge >= 0.3 is 0 Å². The van der Waals surface area contributed by atoms with Crippen LogP contribution in [0.25, 0.3) is 16.6 Å². The summed E-state index contributed by atoms with van der Waals surface area (Å²) >= 11 is 0. The van der Waals surface area contributed by atoms with Crippen LogP contribution in [0.4, 0.5) is 0 Å². The first-order chi connectivity index (χ1) is 18.5. The van der Waals surface area contributed by atoms with E-state index in [1.807, 2.05) is 56.3 Å². The lowest BCUT2D eigenvalue weighted by Crippen LogP contribution is -2.40. The van der Waals surface area contributed by atoms with E-state index in [1.165, 1.54) is 0 Å². The van der Waals surface area contributed by atoms with Crippen LogP contribution in [-0.4, -0.2) is 54.3 Å². The molecule has 1 aromatic heterocycles. The second-order valence-corrected chi connectivity index (χ2v) is 8.70. The number of nitrogens with zero attached hydrogens (tertiary/aromatic N) is 3. The highest BCUT2D eigenvalue weighted by atomic mass is 16.5. The molecular weight excluding hydrogens is 482 g/mol. The average molecular weight is 516 g/mol. The number of fused-ring (bicyclic) bond motifs is 1. The van der Waals surface area contributed by atoms with Gasteiger partial charge in [0.15, 0.2) is 0 Å². The summed E-state index contributed by atoms with van der Waals surface area (Å²) in [5, 5.41) is 0.502. The van der Waals surface area contributed by atoms with Crippen molar-refractivity contribution in [3.63, 3.8) is 0 Å². The van der Waals surface area contributed by atoms with E-state index in [9.17, 15) is 9.59 Å². The molecule has 3 aromatic carbocycles. The number of ether oxygens (including phenoxy) is 3. The van der Waals surface area contributed by atoms with Gasteiger partial charge in [-0.1, -0.05) is 25.1 Å². The molecule has 0 aliphatic rings. The topological polar surface area (TPSA) is 82.9 Å². The molecule has 0 aliphatic heterocycles. The van der Waals surface area contributed by atoms with Gasteiger partial charge in [-0.05, 0) is 67.9 Å². The molecule has 4 aromatic rings. The molecule has 0 N–H and O–H groups in total. The highest BCUT2D eigenvalue weighted by molar-refractivity contribution is 5.95. The van der Waals surface area contributed by atoms with E-state index < -0.39 is 6.04 Å². The van der Waals surface area contributed by atoms with Gasteiger partial charge in [0.25, 0.3) is 11.5 Å². The largest absolute Gasteiger partial charge is 0.497 e. The number of methoxy groups -OCH3 is 2. The van der Waals surface area contributed by atoms with E-state index in [4.69, 9.17) is 19.2 Å². The number of carbonyl (C=O) groups is 1. The zero-order valence-electron chi connectivity index (χ0n) is 22.2. The lowest BCUT2D eigenvalue weighted by Gasteiger charge is -2.32. The Balaban J connectivity index is 1.90. The zero-order chi connectivity index (χ0) is 27.1. The Bertz CT molecular complexity index is 1450. The van der Waals surface area contributed by atoms with Gasteiger partial charge in [-0.2, -0.15) is 0 Å². The van der Waals surface area contributed by atoms with Crippen molar-refractivity contribution in [2.45, 2.75) is 26.3 Å². The summed E-state index contributed by atoms with van der Waals surface area (Å²) in [4.78, 5) is 34.5. The SMILES string of the molecule is CCOc1ccc(-n2c(C(CC)N(CCOC)C(=O)c3cccc(OC)c3)nc3ccccc3c2=O)cc1. The molecule has 198 valence electrons. The van der Waals surface area contributed by atoms with E-state index in [0.29, 0.717) is 65.7 Å². The molecule has 1 amide bonds. The van der Waals surface area contributed by atoms with Crippen LogP contribution in [0.15, 0.2) is 77.6 Å². The van der Waals surface area contributed by atoms with Gasteiger partial charge in [-0.15, -0.1) is 0 Å². The molecule has 0 saturated heterocycles. The maximum atomic E-state index is 13.9. The predicted molar refractivity (Wildman–Crippen MR) is 147 cm³/mol. The number of rotatable bonds is 11. The maximum absolute atomic E-state index is 13.9.